The van der Waals surface area contributed by atoms with Crippen molar-refractivity contribution in [2.75, 3.05) is 33.4 Å². The van der Waals surface area contributed by atoms with Gasteiger partial charge in [0, 0.05) is 32.7 Å². The quantitative estimate of drug-likeness (QED) is 0.830. The molecular formula is C22H23NO5. The molecular weight excluding hydrogens is 358 g/mol. The maximum atomic E-state index is 12.5. The Labute approximate surface area is 163 Å². The van der Waals surface area contributed by atoms with E-state index in [1.165, 1.54) is 23.1 Å². The van der Waals surface area contributed by atoms with Crippen molar-refractivity contribution < 1.29 is 24.2 Å². The number of aliphatic carboxylic acids is 1. The average Bonchev–Trinajstić information content (AvgIpc) is 2.99. The van der Waals surface area contributed by atoms with Crippen molar-refractivity contribution in [1.29, 1.82) is 0 Å². The number of amides is 1. The van der Waals surface area contributed by atoms with Gasteiger partial charge in [0.1, 0.15) is 12.0 Å². The maximum absolute atomic E-state index is 12.5. The van der Waals surface area contributed by atoms with Crippen LogP contribution in [0.25, 0.3) is 11.1 Å². The van der Waals surface area contributed by atoms with Crippen molar-refractivity contribution in [3.63, 3.8) is 0 Å². The predicted molar refractivity (Wildman–Crippen MR) is 103 cm³/mol. The molecule has 1 aliphatic heterocycles. The van der Waals surface area contributed by atoms with Crippen LogP contribution in [0.3, 0.4) is 0 Å². The Balaban J connectivity index is 1.42. The smallest absolute Gasteiger partial charge is 0.409 e. The highest BCUT2D eigenvalue weighted by atomic mass is 16.6. The number of rotatable bonds is 6. The number of carbonyl (C=O) groups excluding carboxylic acids is 1. The van der Waals surface area contributed by atoms with E-state index < -0.39 is 17.5 Å². The van der Waals surface area contributed by atoms with Gasteiger partial charge >= 0.3 is 12.1 Å². The minimum absolute atomic E-state index is 0.00431. The molecule has 6 heteroatoms. The van der Waals surface area contributed by atoms with Gasteiger partial charge in [-0.05, 0) is 28.7 Å². The molecule has 0 bridgehead atoms. The molecule has 1 fully saturated rings. The highest BCUT2D eigenvalue weighted by Gasteiger charge is 2.51. The van der Waals surface area contributed by atoms with Crippen LogP contribution in [0.5, 0.6) is 0 Å². The molecule has 2 aromatic rings. The molecule has 146 valence electrons. The second kappa shape index (κ2) is 7.28. The molecule has 0 unspecified atom stereocenters. The Kier molecular flexibility index (Phi) is 4.81. The van der Waals surface area contributed by atoms with Crippen LogP contribution in [0, 0.1) is 5.41 Å². The van der Waals surface area contributed by atoms with E-state index in [-0.39, 0.29) is 25.6 Å². The van der Waals surface area contributed by atoms with E-state index in [1.54, 1.807) is 0 Å². The zero-order valence-corrected chi connectivity index (χ0v) is 15.8. The van der Waals surface area contributed by atoms with Crippen LogP contribution in [-0.4, -0.2) is 55.5 Å². The highest BCUT2D eigenvalue weighted by Crippen LogP contribution is 2.44. The monoisotopic (exact) mass is 381 g/mol. The van der Waals surface area contributed by atoms with Crippen molar-refractivity contribution >= 4 is 12.1 Å². The summed E-state index contributed by atoms with van der Waals surface area (Å²) in [5.41, 5.74) is 3.72. The lowest BCUT2D eigenvalue weighted by Crippen LogP contribution is -2.62. The standard InChI is InChI=1S/C22H23NO5/c1-27-11-10-22(20(24)25)13-23(14-22)21(26)28-12-19-17-8-4-2-6-15(17)16-7-3-5-9-18(16)19/h2-9,19H,10-14H2,1H3,(H,24,25). The molecule has 1 aliphatic carbocycles. The molecule has 1 amide bonds. The zero-order valence-electron chi connectivity index (χ0n) is 15.8. The number of ether oxygens (including phenoxy) is 2. The van der Waals surface area contributed by atoms with Crippen molar-refractivity contribution in [3.05, 3.63) is 59.7 Å². The van der Waals surface area contributed by atoms with Crippen molar-refractivity contribution in [2.45, 2.75) is 12.3 Å². The third-order valence-electron chi connectivity index (χ3n) is 5.82. The number of carboxylic acid groups (broad SMARTS) is 1. The predicted octanol–water partition coefficient (Wildman–Crippen LogP) is 3.36. The molecule has 2 aliphatic rings. The van der Waals surface area contributed by atoms with Crippen LogP contribution in [0.4, 0.5) is 4.79 Å². The molecule has 0 saturated carbocycles. The summed E-state index contributed by atoms with van der Waals surface area (Å²) in [7, 11) is 1.54. The molecule has 1 heterocycles. The van der Waals surface area contributed by atoms with Gasteiger partial charge in [0.2, 0.25) is 0 Å². The number of carboxylic acids is 1. The van der Waals surface area contributed by atoms with Gasteiger partial charge in [-0.2, -0.15) is 0 Å². The molecule has 28 heavy (non-hydrogen) atoms. The Morgan fingerprint density at radius 1 is 1.07 bits per heavy atom. The summed E-state index contributed by atoms with van der Waals surface area (Å²) in [5.74, 6) is -0.900. The summed E-state index contributed by atoms with van der Waals surface area (Å²) in [6.07, 6.45) is -0.0810. The molecule has 0 aromatic heterocycles. The van der Waals surface area contributed by atoms with Gasteiger partial charge in [0.05, 0.1) is 0 Å². The van der Waals surface area contributed by atoms with Crippen molar-refractivity contribution in [1.82, 2.24) is 4.90 Å². The average molecular weight is 381 g/mol. The molecule has 4 rings (SSSR count). The van der Waals surface area contributed by atoms with E-state index in [0.717, 1.165) is 11.1 Å². The van der Waals surface area contributed by atoms with Crippen LogP contribution in [0.2, 0.25) is 0 Å². The molecule has 1 saturated heterocycles. The number of fused-ring (bicyclic) bond motifs is 3. The summed E-state index contributed by atoms with van der Waals surface area (Å²) < 4.78 is 10.6. The summed E-state index contributed by atoms with van der Waals surface area (Å²) in [5, 5.41) is 9.50. The zero-order chi connectivity index (χ0) is 19.7. The van der Waals surface area contributed by atoms with E-state index in [0.29, 0.717) is 13.0 Å². The van der Waals surface area contributed by atoms with Gasteiger partial charge in [0.25, 0.3) is 0 Å². The molecule has 0 atom stereocenters. The van der Waals surface area contributed by atoms with Gasteiger partial charge in [-0.3, -0.25) is 4.79 Å². The molecule has 0 spiro atoms. The van der Waals surface area contributed by atoms with Crippen molar-refractivity contribution in [3.8, 4) is 11.1 Å². The molecule has 6 nitrogen and oxygen atoms in total. The number of benzene rings is 2. The van der Waals surface area contributed by atoms with Crippen molar-refractivity contribution in [2.24, 2.45) is 5.41 Å². The van der Waals surface area contributed by atoms with Gasteiger partial charge in [0.15, 0.2) is 0 Å². The lowest BCUT2D eigenvalue weighted by Gasteiger charge is -2.46. The van der Waals surface area contributed by atoms with Gasteiger partial charge in [-0.15, -0.1) is 0 Å². The molecule has 0 radical (unpaired) electrons. The largest absolute Gasteiger partial charge is 0.481 e. The van der Waals surface area contributed by atoms with Crippen LogP contribution in [0.1, 0.15) is 23.5 Å². The highest BCUT2D eigenvalue weighted by molar-refractivity contribution is 5.81. The minimum atomic E-state index is -0.929. The molecule has 2 aromatic carbocycles. The van der Waals surface area contributed by atoms with Crippen LogP contribution >= 0.6 is 0 Å². The summed E-state index contributed by atoms with van der Waals surface area (Å²) >= 11 is 0. The second-order valence-corrected chi connectivity index (χ2v) is 7.49. The Bertz CT molecular complexity index is 858. The van der Waals surface area contributed by atoms with Gasteiger partial charge in [-0.1, -0.05) is 48.5 Å². The SMILES string of the molecule is COCCC1(C(=O)O)CN(C(=O)OCC2c3ccccc3-c3ccccc32)C1. The normalized spacial score (nSPS) is 16.8. The number of likely N-dealkylation sites (tertiary alicyclic amines) is 1. The van der Waals surface area contributed by atoms with Gasteiger partial charge < -0.3 is 19.5 Å². The third kappa shape index (κ3) is 3.03. The number of nitrogens with zero attached hydrogens (tertiary/aromatic N) is 1. The van der Waals surface area contributed by atoms with Gasteiger partial charge in [-0.25, -0.2) is 4.79 Å². The fourth-order valence-electron chi connectivity index (χ4n) is 4.20. The first-order valence-corrected chi connectivity index (χ1v) is 9.38. The summed E-state index contributed by atoms with van der Waals surface area (Å²) in [4.78, 5) is 25.5. The fourth-order valence-corrected chi connectivity index (χ4v) is 4.20. The number of methoxy groups -OCH3 is 1. The van der Waals surface area contributed by atoms with E-state index >= 15 is 0 Å². The van der Waals surface area contributed by atoms with E-state index in [4.69, 9.17) is 9.47 Å². The number of hydrogen-bond donors (Lipinski definition) is 1. The Hall–Kier alpha value is -2.86. The van der Waals surface area contributed by atoms with E-state index in [9.17, 15) is 14.7 Å². The maximum Gasteiger partial charge on any atom is 0.409 e. The van der Waals surface area contributed by atoms with Crippen LogP contribution in [-0.2, 0) is 14.3 Å². The van der Waals surface area contributed by atoms with Crippen LogP contribution < -0.4 is 0 Å². The Morgan fingerprint density at radius 2 is 1.64 bits per heavy atom. The fraction of sp³-hybridized carbons (Fsp3) is 0.364. The number of carbonyl (C=O) groups is 2. The van der Waals surface area contributed by atoms with Crippen LogP contribution in [0.15, 0.2) is 48.5 Å². The topological polar surface area (TPSA) is 76.1 Å². The third-order valence-corrected chi connectivity index (χ3v) is 5.82. The minimum Gasteiger partial charge on any atom is -0.481 e. The number of hydrogen-bond acceptors (Lipinski definition) is 4. The first-order chi connectivity index (χ1) is 13.6. The molecule has 1 N–H and O–H groups in total. The van der Waals surface area contributed by atoms with E-state index in [2.05, 4.69) is 24.3 Å². The lowest BCUT2D eigenvalue weighted by molar-refractivity contribution is -0.160. The lowest BCUT2D eigenvalue weighted by atomic mass is 9.77. The first-order valence-electron chi connectivity index (χ1n) is 9.38. The Morgan fingerprint density at radius 3 is 2.18 bits per heavy atom. The first kappa shape index (κ1) is 18.5. The van der Waals surface area contributed by atoms with E-state index in [1.807, 2.05) is 24.3 Å². The summed E-state index contributed by atoms with van der Waals surface area (Å²) in [6, 6.07) is 16.3. The second-order valence-electron chi connectivity index (χ2n) is 7.49. The summed E-state index contributed by atoms with van der Waals surface area (Å²) in [6.45, 7) is 0.900.